The number of phenolic OH excluding ortho intramolecular Hbond substituents is 2. The summed E-state index contributed by atoms with van der Waals surface area (Å²) in [5.41, 5.74) is 2.22. The molecule has 0 aliphatic rings. The molecule has 0 saturated carbocycles. The van der Waals surface area contributed by atoms with Gasteiger partial charge in [-0.1, -0.05) is 30.3 Å². The Kier molecular flexibility index (Phi) is 9.04. The van der Waals surface area contributed by atoms with Crippen LogP contribution in [0, 0.1) is 0 Å². The molecule has 0 aliphatic heterocycles. The molecule has 0 spiro atoms. The van der Waals surface area contributed by atoms with E-state index < -0.39 is 0 Å². The average Bonchev–Trinajstić information content (AvgIpc) is 2.67. The van der Waals surface area contributed by atoms with E-state index >= 15 is 0 Å². The molecule has 2 aromatic rings. The molecule has 2 N–H and O–H groups in total. The van der Waals surface area contributed by atoms with Crippen molar-refractivity contribution in [2.75, 3.05) is 13.7 Å². The number of hydrogen-bond acceptors (Lipinski definition) is 5. The Bertz CT molecular complexity index is 790. The summed E-state index contributed by atoms with van der Waals surface area (Å²) in [4.78, 5) is 12.3. The first kappa shape index (κ1) is 21.7. The van der Waals surface area contributed by atoms with E-state index in [0.717, 1.165) is 31.4 Å². The molecule has 144 valence electrons. The number of unbranched alkanes of at least 4 members (excludes halogenated alkanes) is 1. The zero-order valence-electron chi connectivity index (χ0n) is 14.9. The smallest absolute Gasteiger partial charge is 0.203 e. The van der Waals surface area contributed by atoms with Crippen LogP contribution in [-0.2, 0) is 10.9 Å². The Balaban J connectivity index is 1.96. The van der Waals surface area contributed by atoms with E-state index in [4.69, 9.17) is 9.26 Å². The molecule has 27 heavy (non-hydrogen) atoms. The molecule has 2 rings (SSSR count). The monoisotopic (exact) mass is 500 g/mol. The van der Waals surface area contributed by atoms with Crippen LogP contribution in [-0.4, -0.2) is 29.7 Å². The van der Waals surface area contributed by atoms with Gasteiger partial charge in [-0.05, 0) is 70.6 Å². The Hall–Kier alpha value is -1.63. The van der Waals surface area contributed by atoms with Crippen molar-refractivity contribution in [1.29, 1.82) is 0 Å². The van der Waals surface area contributed by atoms with Gasteiger partial charge < -0.3 is 19.5 Å². The van der Waals surface area contributed by atoms with Crippen molar-refractivity contribution in [2.24, 2.45) is 0 Å². The molecule has 2 aromatic carbocycles. The van der Waals surface area contributed by atoms with E-state index in [1.54, 1.807) is 6.08 Å². The van der Waals surface area contributed by atoms with Gasteiger partial charge in [0.25, 0.3) is 0 Å². The lowest BCUT2D eigenvalue weighted by atomic mass is 10.0. The third-order valence-corrected chi connectivity index (χ3v) is 5.25. The third kappa shape index (κ3) is 6.48. The van der Waals surface area contributed by atoms with Gasteiger partial charge in [-0.25, -0.2) is 0 Å². The Morgan fingerprint density at radius 3 is 2.56 bits per heavy atom. The van der Waals surface area contributed by atoms with Gasteiger partial charge in [0, 0.05) is 0 Å². The lowest BCUT2D eigenvalue weighted by molar-refractivity contribution is 0.104. The van der Waals surface area contributed by atoms with Crippen molar-refractivity contribution in [2.45, 2.75) is 19.3 Å². The van der Waals surface area contributed by atoms with Crippen molar-refractivity contribution in [1.82, 2.24) is 0 Å². The van der Waals surface area contributed by atoms with Crippen molar-refractivity contribution in [3.05, 3.63) is 59.2 Å². The number of phenols is 2. The number of ether oxygens (including phenoxy) is 1. The van der Waals surface area contributed by atoms with Gasteiger partial charge in [-0.15, -0.1) is 0 Å². The SMILES string of the molecule is COc1c(O)ccc(C(=O)/C=C/c2ccc(CCCCOPI)cc2)c1O. The molecular formula is C20H22IO5P. The van der Waals surface area contributed by atoms with Crippen LogP contribution in [0.4, 0.5) is 0 Å². The first-order valence-electron chi connectivity index (χ1n) is 8.44. The summed E-state index contributed by atoms with van der Waals surface area (Å²) in [7, 11) is 1.32. The van der Waals surface area contributed by atoms with Crippen LogP contribution >= 0.6 is 28.5 Å². The lowest BCUT2D eigenvalue weighted by Crippen LogP contribution is -1.97. The summed E-state index contributed by atoms with van der Waals surface area (Å²) in [5, 5.41) is 19.7. The van der Waals surface area contributed by atoms with Crippen LogP contribution < -0.4 is 4.74 Å². The Labute approximate surface area is 173 Å². The summed E-state index contributed by atoms with van der Waals surface area (Å²) in [6.07, 6.45) is 6.21. The first-order chi connectivity index (χ1) is 13.1. The van der Waals surface area contributed by atoms with Gasteiger partial charge in [0.1, 0.15) is 0 Å². The predicted molar refractivity (Wildman–Crippen MR) is 117 cm³/mol. The zero-order valence-corrected chi connectivity index (χ0v) is 18.1. The quantitative estimate of drug-likeness (QED) is 0.153. The largest absolute Gasteiger partial charge is 0.504 e. The van der Waals surface area contributed by atoms with E-state index in [9.17, 15) is 15.0 Å². The third-order valence-electron chi connectivity index (χ3n) is 4.00. The standard InChI is InChI=1S/C20H22IO5P/c1-25-20-18(23)12-10-16(19(20)24)17(22)11-9-15-7-5-14(6-8-15)4-2-3-13-26-27-21/h5-12,23-24,27H,2-4,13H2,1H3/b11-9+. The van der Waals surface area contributed by atoms with Crippen molar-refractivity contribution in [3.8, 4) is 17.2 Å². The van der Waals surface area contributed by atoms with Crippen LogP contribution in [0.3, 0.4) is 0 Å². The highest BCUT2D eigenvalue weighted by molar-refractivity contribution is 14.2. The predicted octanol–water partition coefficient (Wildman–Crippen LogP) is 5.29. The van der Waals surface area contributed by atoms with Crippen LogP contribution in [0.2, 0.25) is 0 Å². The number of aryl methyl sites for hydroxylation is 1. The molecule has 7 heteroatoms. The number of ketones is 1. The summed E-state index contributed by atoms with van der Waals surface area (Å²) in [6.45, 7) is 1.32. The molecular weight excluding hydrogens is 478 g/mol. The number of hydrogen-bond donors (Lipinski definition) is 2. The second-order valence-electron chi connectivity index (χ2n) is 5.84. The van der Waals surface area contributed by atoms with Gasteiger partial charge in [0.2, 0.25) is 5.75 Å². The van der Waals surface area contributed by atoms with Gasteiger partial charge in [0.15, 0.2) is 17.3 Å². The number of aromatic hydroxyl groups is 2. The minimum atomic E-state index is -0.370. The van der Waals surface area contributed by atoms with E-state index in [2.05, 4.69) is 22.0 Å². The normalized spacial score (nSPS) is 11.5. The van der Waals surface area contributed by atoms with E-state index in [-0.39, 0.29) is 28.6 Å². The molecule has 0 aliphatic carbocycles. The highest BCUT2D eigenvalue weighted by Gasteiger charge is 2.16. The number of rotatable bonds is 10. The van der Waals surface area contributed by atoms with Crippen LogP contribution in [0.5, 0.6) is 17.2 Å². The van der Waals surface area contributed by atoms with Gasteiger partial charge in [-0.2, -0.15) is 0 Å². The summed E-state index contributed by atoms with van der Waals surface area (Å²) in [6, 6.07) is 10.7. The minimum Gasteiger partial charge on any atom is -0.504 e. The maximum absolute atomic E-state index is 12.3. The molecule has 0 heterocycles. The molecule has 0 saturated heterocycles. The molecule has 0 fully saturated rings. The Morgan fingerprint density at radius 2 is 1.89 bits per heavy atom. The maximum atomic E-state index is 12.3. The van der Waals surface area contributed by atoms with Crippen molar-refractivity contribution in [3.63, 3.8) is 0 Å². The van der Waals surface area contributed by atoms with Crippen LogP contribution in [0.15, 0.2) is 42.5 Å². The summed E-state index contributed by atoms with van der Waals surface area (Å²) < 4.78 is 10.3. The van der Waals surface area contributed by atoms with Crippen LogP contribution in [0.25, 0.3) is 6.08 Å². The van der Waals surface area contributed by atoms with E-state index in [0.29, 0.717) is 6.45 Å². The summed E-state index contributed by atoms with van der Waals surface area (Å²) in [5.74, 6) is -1.06. The second kappa shape index (κ2) is 11.3. The molecule has 1 atom stereocenters. The molecule has 0 bridgehead atoms. The van der Waals surface area contributed by atoms with Gasteiger partial charge in [-0.3, -0.25) is 4.79 Å². The lowest BCUT2D eigenvalue weighted by Gasteiger charge is -2.08. The van der Waals surface area contributed by atoms with Crippen molar-refractivity contribution < 1.29 is 24.3 Å². The maximum Gasteiger partial charge on any atom is 0.203 e. The molecule has 0 radical (unpaired) electrons. The molecule has 5 nitrogen and oxygen atoms in total. The van der Waals surface area contributed by atoms with Gasteiger partial charge >= 0.3 is 0 Å². The fourth-order valence-electron chi connectivity index (χ4n) is 2.56. The number of halogens is 1. The topological polar surface area (TPSA) is 76.0 Å². The van der Waals surface area contributed by atoms with Crippen LogP contribution in [0.1, 0.15) is 34.3 Å². The number of methoxy groups -OCH3 is 1. The number of benzene rings is 2. The highest BCUT2D eigenvalue weighted by atomic mass is 127. The number of carbonyl (C=O) groups excluding carboxylic acids is 1. The zero-order chi connectivity index (χ0) is 19.6. The molecule has 1 unspecified atom stereocenters. The summed E-state index contributed by atoms with van der Waals surface area (Å²) >= 11 is 2.22. The minimum absolute atomic E-state index is 0.0758. The first-order valence-corrected chi connectivity index (χ1v) is 12.5. The molecule has 0 amide bonds. The molecule has 0 aromatic heterocycles. The van der Waals surface area contributed by atoms with E-state index in [1.165, 1.54) is 30.9 Å². The average molecular weight is 500 g/mol. The Morgan fingerprint density at radius 1 is 1.15 bits per heavy atom. The fraction of sp³-hybridized carbons (Fsp3) is 0.250. The van der Waals surface area contributed by atoms with E-state index in [1.807, 2.05) is 24.3 Å². The van der Waals surface area contributed by atoms with Crippen molar-refractivity contribution >= 4 is 40.4 Å². The number of allylic oxidation sites excluding steroid dienone is 1. The fourth-order valence-corrected chi connectivity index (χ4v) is 3.44. The number of carbonyl (C=O) groups is 1. The highest BCUT2D eigenvalue weighted by Crippen LogP contribution is 2.38. The van der Waals surface area contributed by atoms with Gasteiger partial charge in [0.05, 0.1) is 25.7 Å². The second-order valence-corrected chi connectivity index (χ2v) is 7.60.